The van der Waals surface area contributed by atoms with Gasteiger partial charge in [0.15, 0.2) is 5.69 Å². The number of nitrogens with zero attached hydrogens (tertiary/aromatic N) is 2. The van der Waals surface area contributed by atoms with Gasteiger partial charge >= 0.3 is 5.97 Å². The molecule has 0 aliphatic rings. The third kappa shape index (κ3) is 4.68. The van der Waals surface area contributed by atoms with Crippen molar-refractivity contribution in [2.75, 3.05) is 0 Å². The van der Waals surface area contributed by atoms with Crippen molar-refractivity contribution in [2.45, 2.75) is 39.7 Å². The molecule has 1 amide bonds. The van der Waals surface area contributed by atoms with Crippen LogP contribution in [0.1, 0.15) is 52.1 Å². The average molecular weight is 407 g/mol. The monoisotopic (exact) mass is 407 g/mol. The lowest BCUT2D eigenvalue weighted by atomic mass is 10.0. The van der Waals surface area contributed by atoms with Crippen LogP contribution < -0.4 is 5.32 Å². The highest BCUT2D eigenvalue weighted by molar-refractivity contribution is 5.93. The van der Waals surface area contributed by atoms with Crippen molar-refractivity contribution in [3.8, 4) is 11.6 Å². The second kappa shape index (κ2) is 8.82. The van der Waals surface area contributed by atoms with Crippen LogP contribution in [-0.4, -0.2) is 31.9 Å². The van der Waals surface area contributed by atoms with Gasteiger partial charge in [0.2, 0.25) is 5.88 Å². The molecule has 7 heteroatoms. The number of carboxylic acid groups (broad SMARTS) is 1. The number of hydrogen-bond acceptors (Lipinski definition) is 4. The maximum Gasteiger partial charge on any atom is 0.305 e. The van der Waals surface area contributed by atoms with Crippen LogP contribution in [-0.2, 0) is 11.2 Å². The van der Waals surface area contributed by atoms with Gasteiger partial charge in [0.25, 0.3) is 5.91 Å². The van der Waals surface area contributed by atoms with E-state index in [0.717, 1.165) is 23.1 Å². The van der Waals surface area contributed by atoms with Gasteiger partial charge in [-0.1, -0.05) is 43.3 Å². The molecule has 0 saturated heterocycles. The number of aryl methyl sites for hydroxylation is 3. The number of carbonyl (C=O) groups is 2. The molecule has 0 aliphatic heterocycles. The molecule has 1 unspecified atom stereocenters. The summed E-state index contributed by atoms with van der Waals surface area (Å²) in [4.78, 5) is 24.1. The molecular weight excluding hydrogens is 382 g/mol. The van der Waals surface area contributed by atoms with E-state index in [-0.39, 0.29) is 18.0 Å². The molecule has 30 heavy (non-hydrogen) atoms. The number of rotatable bonds is 7. The summed E-state index contributed by atoms with van der Waals surface area (Å²) in [5.41, 5.74) is 4.38. The van der Waals surface area contributed by atoms with Gasteiger partial charge in [0.05, 0.1) is 18.2 Å². The summed E-state index contributed by atoms with van der Waals surface area (Å²) in [5, 5.41) is 26.6. The first-order chi connectivity index (χ1) is 14.3. The van der Waals surface area contributed by atoms with Crippen molar-refractivity contribution in [1.82, 2.24) is 15.1 Å². The van der Waals surface area contributed by atoms with Crippen LogP contribution in [0.5, 0.6) is 5.88 Å². The third-order valence-electron chi connectivity index (χ3n) is 4.99. The van der Waals surface area contributed by atoms with Gasteiger partial charge in [-0.05, 0) is 48.6 Å². The Balaban J connectivity index is 1.87. The standard InChI is InChI=1S/C23H25N3O4/c1-4-16-7-9-17(10-8-16)18(13-22(28)29)24-23(30)19-12-21(27)26(25-19)20-11-14(2)5-6-15(20)3/h5-12,18,27H,4,13H2,1-3H3,(H,24,30)(H,28,29). The second-order valence-electron chi connectivity index (χ2n) is 7.31. The predicted octanol–water partition coefficient (Wildman–Crippen LogP) is 3.70. The zero-order valence-electron chi connectivity index (χ0n) is 17.2. The molecule has 7 nitrogen and oxygen atoms in total. The van der Waals surface area contributed by atoms with Gasteiger partial charge < -0.3 is 15.5 Å². The molecule has 0 bridgehead atoms. The topological polar surface area (TPSA) is 104 Å². The minimum Gasteiger partial charge on any atom is -0.493 e. The minimum atomic E-state index is -1.02. The molecule has 2 aromatic carbocycles. The second-order valence-corrected chi connectivity index (χ2v) is 7.31. The molecule has 3 rings (SSSR count). The summed E-state index contributed by atoms with van der Waals surface area (Å²) in [5.74, 6) is -1.75. The van der Waals surface area contributed by atoms with Gasteiger partial charge in [-0.3, -0.25) is 9.59 Å². The van der Waals surface area contributed by atoms with Crippen LogP contribution in [0.2, 0.25) is 0 Å². The lowest BCUT2D eigenvalue weighted by molar-refractivity contribution is -0.137. The predicted molar refractivity (Wildman–Crippen MR) is 113 cm³/mol. The lowest BCUT2D eigenvalue weighted by Crippen LogP contribution is -2.30. The fraction of sp³-hybridized carbons (Fsp3) is 0.261. The molecule has 0 fully saturated rings. The maximum atomic E-state index is 12.8. The Hall–Kier alpha value is -3.61. The van der Waals surface area contributed by atoms with Crippen LogP contribution in [0.4, 0.5) is 0 Å². The molecule has 1 heterocycles. The molecule has 0 aliphatic carbocycles. The molecule has 0 spiro atoms. The summed E-state index contributed by atoms with van der Waals surface area (Å²) in [6, 6.07) is 13.8. The van der Waals surface area contributed by atoms with Crippen molar-refractivity contribution in [3.05, 3.63) is 76.5 Å². The highest BCUT2D eigenvalue weighted by Gasteiger charge is 2.22. The number of carbonyl (C=O) groups excluding carboxylic acids is 1. The number of amides is 1. The van der Waals surface area contributed by atoms with E-state index < -0.39 is 17.9 Å². The van der Waals surface area contributed by atoms with Crippen LogP contribution in [0, 0.1) is 13.8 Å². The quantitative estimate of drug-likeness (QED) is 0.554. The Kier molecular flexibility index (Phi) is 6.20. The molecule has 0 radical (unpaired) electrons. The van der Waals surface area contributed by atoms with Gasteiger partial charge in [-0.2, -0.15) is 5.10 Å². The Morgan fingerprint density at radius 1 is 1.10 bits per heavy atom. The highest BCUT2D eigenvalue weighted by Crippen LogP contribution is 2.23. The normalized spacial score (nSPS) is 11.8. The third-order valence-corrected chi connectivity index (χ3v) is 4.99. The first-order valence-corrected chi connectivity index (χ1v) is 9.76. The first-order valence-electron chi connectivity index (χ1n) is 9.76. The largest absolute Gasteiger partial charge is 0.493 e. The number of aliphatic carboxylic acids is 1. The molecule has 1 aromatic heterocycles. The van der Waals surface area contributed by atoms with Crippen LogP contribution in [0.25, 0.3) is 5.69 Å². The van der Waals surface area contributed by atoms with Crippen molar-refractivity contribution >= 4 is 11.9 Å². The first kappa shape index (κ1) is 21.1. The molecule has 3 aromatic rings. The fourth-order valence-corrected chi connectivity index (χ4v) is 3.25. The highest BCUT2D eigenvalue weighted by atomic mass is 16.4. The average Bonchev–Trinajstić information content (AvgIpc) is 3.10. The van der Waals surface area contributed by atoms with Gasteiger partial charge in [-0.25, -0.2) is 4.68 Å². The number of benzene rings is 2. The number of aromatic hydroxyl groups is 1. The van der Waals surface area contributed by atoms with E-state index >= 15 is 0 Å². The van der Waals surface area contributed by atoms with E-state index in [2.05, 4.69) is 10.4 Å². The van der Waals surface area contributed by atoms with Crippen LogP contribution in [0.3, 0.4) is 0 Å². The summed E-state index contributed by atoms with van der Waals surface area (Å²) >= 11 is 0. The molecule has 156 valence electrons. The van der Waals surface area contributed by atoms with Gasteiger partial charge in [-0.15, -0.1) is 0 Å². The number of hydrogen-bond donors (Lipinski definition) is 3. The van der Waals surface area contributed by atoms with Crippen molar-refractivity contribution in [2.24, 2.45) is 0 Å². The summed E-state index contributed by atoms with van der Waals surface area (Å²) in [7, 11) is 0. The lowest BCUT2D eigenvalue weighted by Gasteiger charge is -2.17. The summed E-state index contributed by atoms with van der Waals surface area (Å²) < 4.78 is 1.31. The number of nitrogens with one attached hydrogen (secondary N) is 1. The van der Waals surface area contributed by atoms with Crippen molar-refractivity contribution in [3.63, 3.8) is 0 Å². The van der Waals surface area contributed by atoms with Crippen LogP contribution >= 0.6 is 0 Å². The number of aromatic nitrogens is 2. The number of carboxylic acids is 1. The zero-order valence-corrected chi connectivity index (χ0v) is 17.2. The molecule has 3 N–H and O–H groups in total. The zero-order chi connectivity index (χ0) is 21.8. The van der Waals surface area contributed by atoms with Gasteiger partial charge in [0.1, 0.15) is 0 Å². The smallest absolute Gasteiger partial charge is 0.305 e. The van der Waals surface area contributed by atoms with E-state index in [4.69, 9.17) is 0 Å². The maximum absolute atomic E-state index is 12.8. The molecule has 1 atom stereocenters. The van der Waals surface area contributed by atoms with E-state index in [1.54, 1.807) is 0 Å². The Labute approximate surface area is 175 Å². The van der Waals surface area contributed by atoms with Gasteiger partial charge in [0, 0.05) is 6.07 Å². The fourth-order valence-electron chi connectivity index (χ4n) is 3.25. The SMILES string of the molecule is CCc1ccc(C(CC(=O)O)NC(=O)c2cc(O)n(-c3cc(C)ccc3C)n2)cc1. The Morgan fingerprint density at radius 3 is 2.43 bits per heavy atom. The van der Waals surface area contributed by atoms with E-state index in [9.17, 15) is 19.8 Å². The molecule has 0 saturated carbocycles. The Bertz CT molecular complexity index is 1070. The van der Waals surface area contributed by atoms with E-state index in [1.165, 1.54) is 10.7 Å². The summed E-state index contributed by atoms with van der Waals surface area (Å²) in [6.07, 6.45) is 0.603. The molecular formula is C23H25N3O4. The van der Waals surface area contributed by atoms with Crippen molar-refractivity contribution in [1.29, 1.82) is 0 Å². The summed E-state index contributed by atoms with van der Waals surface area (Å²) in [6.45, 7) is 5.85. The van der Waals surface area contributed by atoms with E-state index in [0.29, 0.717) is 11.3 Å². The van der Waals surface area contributed by atoms with E-state index in [1.807, 2.05) is 63.2 Å². The van der Waals surface area contributed by atoms with Crippen molar-refractivity contribution < 1.29 is 19.8 Å². The minimum absolute atomic E-state index is 0.00831. The van der Waals surface area contributed by atoms with Crippen LogP contribution in [0.15, 0.2) is 48.5 Å². The Morgan fingerprint density at radius 2 is 1.80 bits per heavy atom.